The number of aliphatic hydroxyl groups is 1. The fourth-order valence-electron chi connectivity index (χ4n) is 3.95. The molecule has 3 N–H and O–H groups in total. The Labute approximate surface area is 180 Å². The maximum atomic E-state index is 14.4. The average Bonchev–Trinajstić information content (AvgIpc) is 3.13. The molecule has 2 aromatic heterocycles. The summed E-state index contributed by atoms with van der Waals surface area (Å²) < 4.78 is 29.6. The van der Waals surface area contributed by atoms with Crippen LogP contribution in [0.3, 0.4) is 0 Å². The number of carbonyl (C=O) groups excluding carboxylic acids is 1. The zero-order valence-electron chi connectivity index (χ0n) is 16.2. The molecule has 1 aromatic carbocycles. The number of hydrogen-bond acceptors (Lipinski definition) is 5. The lowest BCUT2D eigenvalue weighted by molar-refractivity contribution is 0.241. The molecule has 1 aliphatic carbocycles. The van der Waals surface area contributed by atoms with Gasteiger partial charge in [0.25, 0.3) is 0 Å². The van der Waals surface area contributed by atoms with Gasteiger partial charge in [-0.05, 0) is 43.5 Å². The van der Waals surface area contributed by atoms with Crippen molar-refractivity contribution in [3.05, 3.63) is 52.8 Å². The summed E-state index contributed by atoms with van der Waals surface area (Å²) in [5.74, 6) is -0.420. The normalized spacial score (nSPS) is 22.7. The third-order valence-electron chi connectivity index (χ3n) is 5.60. The molecular formula is C20H19ClF2N6O2. The maximum absolute atomic E-state index is 14.4. The Kier molecular flexibility index (Phi) is 4.90. The first-order chi connectivity index (χ1) is 14.9. The molecular weight excluding hydrogens is 430 g/mol. The highest BCUT2D eigenvalue weighted by atomic mass is 35.5. The van der Waals surface area contributed by atoms with Gasteiger partial charge in [-0.2, -0.15) is 5.10 Å². The highest BCUT2D eigenvalue weighted by molar-refractivity contribution is 6.33. The van der Waals surface area contributed by atoms with Crippen molar-refractivity contribution in [1.29, 1.82) is 0 Å². The molecule has 31 heavy (non-hydrogen) atoms. The van der Waals surface area contributed by atoms with Gasteiger partial charge in [-0.1, -0.05) is 11.6 Å². The number of benzene rings is 1. The van der Waals surface area contributed by atoms with Crippen molar-refractivity contribution in [2.75, 3.05) is 16.8 Å². The first-order valence-corrected chi connectivity index (χ1v) is 10.3. The molecule has 3 atom stereocenters. The SMILES string of the molecule is O=C(Nc1c(Cl)nn2ccc(N3CCC[C@@H]3c3cc(F)ccc3F)nc12)N[C@@H]1C[C@H]1O. The Morgan fingerprint density at radius 2 is 2.10 bits per heavy atom. The molecule has 0 radical (unpaired) electrons. The zero-order valence-corrected chi connectivity index (χ0v) is 17.0. The number of halogens is 3. The van der Waals surface area contributed by atoms with Gasteiger partial charge in [0.2, 0.25) is 0 Å². The molecule has 1 aliphatic heterocycles. The maximum Gasteiger partial charge on any atom is 0.319 e. The van der Waals surface area contributed by atoms with Crippen LogP contribution in [0.5, 0.6) is 0 Å². The van der Waals surface area contributed by atoms with E-state index in [-0.39, 0.29) is 28.5 Å². The number of anilines is 2. The van der Waals surface area contributed by atoms with Crippen molar-refractivity contribution in [2.45, 2.75) is 37.5 Å². The molecule has 5 rings (SSSR count). The second kappa shape index (κ2) is 7.61. The van der Waals surface area contributed by atoms with Crippen LogP contribution in [0.1, 0.15) is 30.9 Å². The van der Waals surface area contributed by atoms with Crippen LogP contribution in [0.15, 0.2) is 30.5 Å². The van der Waals surface area contributed by atoms with Gasteiger partial charge >= 0.3 is 6.03 Å². The summed E-state index contributed by atoms with van der Waals surface area (Å²) >= 11 is 6.20. The van der Waals surface area contributed by atoms with Crippen molar-refractivity contribution in [3.8, 4) is 0 Å². The highest BCUT2D eigenvalue weighted by Crippen LogP contribution is 2.37. The number of carbonyl (C=O) groups is 1. The number of fused-ring (bicyclic) bond motifs is 1. The number of nitrogens with zero attached hydrogens (tertiary/aromatic N) is 4. The summed E-state index contributed by atoms with van der Waals surface area (Å²) in [7, 11) is 0. The van der Waals surface area contributed by atoms with E-state index in [0.717, 1.165) is 18.6 Å². The van der Waals surface area contributed by atoms with E-state index in [9.17, 15) is 18.7 Å². The lowest BCUT2D eigenvalue weighted by Gasteiger charge is -2.26. The topological polar surface area (TPSA) is 94.8 Å². The van der Waals surface area contributed by atoms with Crippen molar-refractivity contribution in [3.63, 3.8) is 0 Å². The molecule has 3 aromatic rings. The number of aliphatic hydroxyl groups excluding tert-OH is 1. The van der Waals surface area contributed by atoms with E-state index < -0.39 is 23.8 Å². The fourth-order valence-corrected chi connectivity index (χ4v) is 4.16. The van der Waals surface area contributed by atoms with Crippen LogP contribution >= 0.6 is 11.6 Å². The summed E-state index contributed by atoms with van der Waals surface area (Å²) in [6.45, 7) is 0.620. The molecule has 2 fully saturated rings. The highest BCUT2D eigenvalue weighted by Gasteiger charge is 2.37. The Bertz CT molecular complexity index is 1170. The first kappa shape index (κ1) is 20.0. The quantitative estimate of drug-likeness (QED) is 0.569. The molecule has 0 spiro atoms. The van der Waals surface area contributed by atoms with Crippen molar-refractivity contribution in [2.24, 2.45) is 0 Å². The second-order valence-corrected chi connectivity index (χ2v) is 8.10. The van der Waals surface area contributed by atoms with Crippen LogP contribution in [0.2, 0.25) is 5.15 Å². The molecule has 0 unspecified atom stereocenters. The number of amides is 2. The molecule has 2 amide bonds. The fraction of sp³-hybridized carbons (Fsp3) is 0.350. The Morgan fingerprint density at radius 3 is 2.87 bits per heavy atom. The number of aromatic nitrogens is 3. The Hall–Kier alpha value is -2.98. The molecule has 2 aliphatic rings. The number of rotatable bonds is 4. The number of nitrogens with one attached hydrogen (secondary N) is 2. The van der Waals surface area contributed by atoms with Crippen LogP contribution in [0.4, 0.5) is 25.1 Å². The summed E-state index contributed by atoms with van der Waals surface area (Å²) in [5.41, 5.74) is 0.828. The predicted octanol–water partition coefficient (Wildman–Crippen LogP) is 3.26. The monoisotopic (exact) mass is 448 g/mol. The third-order valence-corrected chi connectivity index (χ3v) is 5.87. The summed E-state index contributed by atoms with van der Waals surface area (Å²) in [6.07, 6.45) is 3.07. The van der Waals surface area contributed by atoms with Gasteiger partial charge in [0.05, 0.1) is 18.2 Å². The lowest BCUT2D eigenvalue weighted by atomic mass is 10.0. The van der Waals surface area contributed by atoms with Gasteiger partial charge in [-0.15, -0.1) is 0 Å². The van der Waals surface area contributed by atoms with Crippen LogP contribution < -0.4 is 15.5 Å². The van der Waals surface area contributed by atoms with E-state index in [0.29, 0.717) is 30.9 Å². The van der Waals surface area contributed by atoms with Gasteiger partial charge in [-0.25, -0.2) is 23.1 Å². The predicted molar refractivity (Wildman–Crippen MR) is 110 cm³/mol. The van der Waals surface area contributed by atoms with Crippen LogP contribution in [-0.4, -0.2) is 44.4 Å². The lowest BCUT2D eigenvalue weighted by Crippen LogP contribution is -2.32. The molecule has 8 nitrogen and oxygen atoms in total. The van der Waals surface area contributed by atoms with E-state index in [2.05, 4.69) is 20.7 Å². The Morgan fingerprint density at radius 1 is 1.29 bits per heavy atom. The molecule has 3 heterocycles. The smallest absolute Gasteiger partial charge is 0.319 e. The molecule has 162 valence electrons. The van der Waals surface area contributed by atoms with Gasteiger partial charge in [0.15, 0.2) is 10.8 Å². The van der Waals surface area contributed by atoms with Crippen molar-refractivity contribution >= 4 is 34.8 Å². The minimum atomic E-state index is -0.537. The third kappa shape index (κ3) is 3.77. The van der Waals surface area contributed by atoms with E-state index in [4.69, 9.17) is 11.6 Å². The van der Waals surface area contributed by atoms with E-state index in [1.165, 1.54) is 10.6 Å². The van der Waals surface area contributed by atoms with Crippen LogP contribution in [0, 0.1) is 11.6 Å². The van der Waals surface area contributed by atoms with Gasteiger partial charge in [0, 0.05) is 18.3 Å². The number of hydrogen-bond donors (Lipinski definition) is 3. The zero-order chi connectivity index (χ0) is 21.7. The Balaban J connectivity index is 1.46. The average molecular weight is 449 g/mol. The minimum Gasteiger partial charge on any atom is -0.391 e. The van der Waals surface area contributed by atoms with Gasteiger partial charge in [-0.3, -0.25) is 0 Å². The van der Waals surface area contributed by atoms with Gasteiger partial charge in [0.1, 0.15) is 23.1 Å². The van der Waals surface area contributed by atoms with E-state index >= 15 is 0 Å². The van der Waals surface area contributed by atoms with Crippen LogP contribution in [-0.2, 0) is 0 Å². The summed E-state index contributed by atoms with van der Waals surface area (Å²) in [4.78, 5) is 18.7. The minimum absolute atomic E-state index is 0.0605. The van der Waals surface area contributed by atoms with E-state index in [1.807, 2.05) is 4.90 Å². The number of urea groups is 1. The first-order valence-electron chi connectivity index (χ1n) is 9.93. The van der Waals surface area contributed by atoms with Crippen molar-refractivity contribution in [1.82, 2.24) is 19.9 Å². The van der Waals surface area contributed by atoms with Gasteiger partial charge < -0.3 is 20.6 Å². The van der Waals surface area contributed by atoms with Crippen LogP contribution in [0.25, 0.3) is 5.65 Å². The molecule has 1 saturated carbocycles. The second-order valence-electron chi connectivity index (χ2n) is 7.74. The van der Waals surface area contributed by atoms with Crippen molar-refractivity contribution < 1.29 is 18.7 Å². The summed E-state index contributed by atoms with van der Waals surface area (Å²) in [6, 6.07) is 4.00. The molecule has 1 saturated heterocycles. The summed E-state index contributed by atoms with van der Waals surface area (Å²) in [5, 5.41) is 18.9. The molecule has 11 heteroatoms. The molecule has 0 bridgehead atoms. The standard InChI is InChI=1S/C20H19ClF2N6O2/c21-18-17(26-20(31)24-13-9-15(13)30)19-25-16(5-7-29(19)27-18)28-6-1-2-14(28)11-8-10(22)3-4-12(11)23/h3-5,7-8,13-15,30H,1-2,6,9H2,(H2,24,26,31)/t13-,14-,15-/m1/s1. The largest absolute Gasteiger partial charge is 0.391 e. The van der Waals surface area contributed by atoms with E-state index in [1.54, 1.807) is 12.3 Å².